The van der Waals surface area contributed by atoms with E-state index in [9.17, 15) is 13.5 Å². The van der Waals surface area contributed by atoms with Crippen LogP contribution in [0.15, 0.2) is 27.6 Å². The molecule has 2 N–H and O–H groups in total. The number of aliphatic hydroxyl groups excluding tert-OH is 1. The van der Waals surface area contributed by atoms with Gasteiger partial charge in [-0.05, 0) is 62.3 Å². The molecule has 0 unspecified atom stereocenters. The highest BCUT2D eigenvalue weighted by Gasteiger charge is 2.37. The summed E-state index contributed by atoms with van der Waals surface area (Å²) in [6.07, 6.45) is 3.23. The lowest BCUT2D eigenvalue weighted by atomic mass is 9.78. The predicted molar refractivity (Wildman–Crippen MR) is 86.6 cm³/mol. The first-order chi connectivity index (χ1) is 9.78. The van der Waals surface area contributed by atoms with Crippen LogP contribution in [0.1, 0.15) is 38.2 Å². The summed E-state index contributed by atoms with van der Waals surface area (Å²) in [6, 6.07) is 4.96. The molecule has 0 amide bonds. The molecule has 0 heterocycles. The Bertz CT molecular complexity index is 607. The maximum atomic E-state index is 12.6. The zero-order valence-corrected chi connectivity index (χ0v) is 14.8. The van der Waals surface area contributed by atoms with Gasteiger partial charge in [0.1, 0.15) is 0 Å². The Labute approximate surface area is 135 Å². The van der Waals surface area contributed by atoms with Crippen LogP contribution in [0.3, 0.4) is 0 Å². The standard InChI is InChI=1S/C15H22BrNO3S/c1-11-5-7-15(10-18,8-6-11)17-21(19,20)13-3-4-14(16)12(2)9-13/h3-4,9,11,17-18H,5-8,10H2,1-2H3. The van der Waals surface area contributed by atoms with Crippen molar-refractivity contribution in [3.63, 3.8) is 0 Å². The maximum absolute atomic E-state index is 12.6. The summed E-state index contributed by atoms with van der Waals surface area (Å²) >= 11 is 3.37. The average molecular weight is 376 g/mol. The van der Waals surface area contributed by atoms with E-state index >= 15 is 0 Å². The largest absolute Gasteiger partial charge is 0.394 e. The van der Waals surface area contributed by atoms with Gasteiger partial charge in [0, 0.05) is 4.47 Å². The fourth-order valence-corrected chi connectivity index (χ4v) is 4.52. The minimum absolute atomic E-state index is 0.158. The Morgan fingerprint density at radius 1 is 1.38 bits per heavy atom. The Hall–Kier alpha value is -0.430. The van der Waals surface area contributed by atoms with Gasteiger partial charge in [-0.2, -0.15) is 0 Å². The first-order valence-electron chi connectivity index (χ1n) is 7.19. The van der Waals surface area contributed by atoms with Crippen LogP contribution in [0.25, 0.3) is 0 Å². The molecule has 4 nitrogen and oxygen atoms in total. The summed E-state index contributed by atoms with van der Waals surface area (Å²) in [6.45, 7) is 3.86. The van der Waals surface area contributed by atoms with Gasteiger partial charge >= 0.3 is 0 Å². The Morgan fingerprint density at radius 3 is 2.52 bits per heavy atom. The van der Waals surface area contributed by atoms with Gasteiger partial charge in [-0.1, -0.05) is 22.9 Å². The molecule has 21 heavy (non-hydrogen) atoms. The third kappa shape index (κ3) is 3.86. The fourth-order valence-electron chi connectivity index (χ4n) is 2.74. The number of aliphatic hydroxyl groups is 1. The highest BCUT2D eigenvalue weighted by molar-refractivity contribution is 9.10. The van der Waals surface area contributed by atoms with Crippen molar-refractivity contribution in [2.75, 3.05) is 6.61 Å². The van der Waals surface area contributed by atoms with Crippen LogP contribution in [-0.2, 0) is 10.0 Å². The Morgan fingerprint density at radius 2 is 2.00 bits per heavy atom. The quantitative estimate of drug-likeness (QED) is 0.849. The number of nitrogens with one attached hydrogen (secondary N) is 1. The van der Waals surface area contributed by atoms with Crippen LogP contribution in [0, 0.1) is 12.8 Å². The molecule has 0 radical (unpaired) electrons. The van der Waals surface area contributed by atoms with Crippen molar-refractivity contribution in [3.8, 4) is 0 Å². The van der Waals surface area contributed by atoms with E-state index in [0.29, 0.717) is 18.8 Å². The van der Waals surface area contributed by atoms with Gasteiger partial charge in [0.25, 0.3) is 0 Å². The van der Waals surface area contributed by atoms with E-state index in [1.807, 2.05) is 6.92 Å². The molecule has 1 aromatic rings. The normalized spacial score (nSPS) is 26.8. The third-order valence-electron chi connectivity index (χ3n) is 4.32. The molecule has 0 aliphatic heterocycles. The molecule has 1 aliphatic carbocycles. The summed E-state index contributed by atoms with van der Waals surface area (Å²) in [7, 11) is -3.62. The minimum Gasteiger partial charge on any atom is -0.394 e. The number of rotatable bonds is 4. The Kier molecular flexibility index (Phi) is 5.13. The van der Waals surface area contributed by atoms with E-state index in [1.165, 1.54) is 0 Å². The van der Waals surface area contributed by atoms with Crippen LogP contribution in [0.4, 0.5) is 0 Å². The monoisotopic (exact) mass is 375 g/mol. The summed E-state index contributed by atoms with van der Waals surface area (Å²) in [4.78, 5) is 0.245. The smallest absolute Gasteiger partial charge is 0.241 e. The summed E-state index contributed by atoms with van der Waals surface area (Å²) in [5, 5.41) is 9.70. The second-order valence-corrected chi connectivity index (χ2v) is 8.67. The molecule has 1 aliphatic rings. The highest BCUT2D eigenvalue weighted by atomic mass is 79.9. The molecular weight excluding hydrogens is 354 g/mol. The molecule has 6 heteroatoms. The van der Waals surface area contributed by atoms with Crippen LogP contribution in [-0.4, -0.2) is 25.7 Å². The molecule has 2 rings (SSSR count). The third-order valence-corrected chi connectivity index (χ3v) is 6.79. The van der Waals surface area contributed by atoms with Crippen molar-refractivity contribution in [3.05, 3.63) is 28.2 Å². The van der Waals surface area contributed by atoms with Crippen LogP contribution in [0.2, 0.25) is 0 Å². The van der Waals surface area contributed by atoms with E-state index in [-0.39, 0.29) is 11.5 Å². The van der Waals surface area contributed by atoms with E-state index in [1.54, 1.807) is 18.2 Å². The van der Waals surface area contributed by atoms with Crippen molar-refractivity contribution in [2.45, 2.75) is 50.0 Å². The van der Waals surface area contributed by atoms with Gasteiger partial charge in [-0.15, -0.1) is 0 Å². The highest BCUT2D eigenvalue weighted by Crippen LogP contribution is 2.33. The van der Waals surface area contributed by atoms with E-state index < -0.39 is 15.6 Å². The molecular formula is C15H22BrNO3S. The summed E-state index contributed by atoms with van der Waals surface area (Å²) in [5.41, 5.74) is 0.153. The van der Waals surface area contributed by atoms with E-state index in [0.717, 1.165) is 22.9 Å². The summed E-state index contributed by atoms with van der Waals surface area (Å²) in [5.74, 6) is 0.587. The lowest BCUT2D eigenvalue weighted by Crippen LogP contribution is -2.53. The second-order valence-electron chi connectivity index (χ2n) is 6.14. The topological polar surface area (TPSA) is 66.4 Å². The van der Waals surface area contributed by atoms with Gasteiger partial charge in [-0.25, -0.2) is 13.1 Å². The van der Waals surface area contributed by atoms with Gasteiger partial charge in [0.2, 0.25) is 10.0 Å². The molecule has 118 valence electrons. The second kappa shape index (κ2) is 6.36. The van der Waals surface area contributed by atoms with Crippen molar-refractivity contribution in [1.29, 1.82) is 0 Å². The minimum atomic E-state index is -3.62. The van der Waals surface area contributed by atoms with Crippen molar-refractivity contribution >= 4 is 26.0 Å². The zero-order chi connectivity index (χ0) is 15.7. The SMILES string of the molecule is Cc1cc(S(=O)(=O)NC2(CO)CCC(C)CC2)ccc1Br. The molecule has 1 aromatic carbocycles. The number of sulfonamides is 1. The number of hydrogen-bond donors (Lipinski definition) is 2. The number of hydrogen-bond acceptors (Lipinski definition) is 3. The van der Waals surface area contributed by atoms with Crippen molar-refractivity contribution in [1.82, 2.24) is 4.72 Å². The van der Waals surface area contributed by atoms with Gasteiger partial charge in [0.15, 0.2) is 0 Å². The number of halogens is 1. The van der Waals surface area contributed by atoms with E-state index in [4.69, 9.17) is 0 Å². The van der Waals surface area contributed by atoms with Crippen LogP contribution in [0.5, 0.6) is 0 Å². The Balaban J connectivity index is 2.25. The molecule has 0 atom stereocenters. The lowest BCUT2D eigenvalue weighted by Gasteiger charge is -2.38. The molecule has 1 saturated carbocycles. The first kappa shape index (κ1) is 16.9. The van der Waals surface area contributed by atoms with Crippen molar-refractivity contribution in [2.24, 2.45) is 5.92 Å². The fraction of sp³-hybridized carbons (Fsp3) is 0.600. The van der Waals surface area contributed by atoms with Crippen molar-refractivity contribution < 1.29 is 13.5 Å². The van der Waals surface area contributed by atoms with Gasteiger partial charge in [-0.3, -0.25) is 0 Å². The van der Waals surface area contributed by atoms with Gasteiger partial charge in [0.05, 0.1) is 17.0 Å². The number of benzene rings is 1. The van der Waals surface area contributed by atoms with Gasteiger partial charge < -0.3 is 5.11 Å². The molecule has 0 spiro atoms. The maximum Gasteiger partial charge on any atom is 0.241 e. The molecule has 0 aromatic heterocycles. The van der Waals surface area contributed by atoms with Crippen LogP contribution >= 0.6 is 15.9 Å². The number of aryl methyl sites for hydroxylation is 1. The lowest BCUT2D eigenvalue weighted by molar-refractivity contribution is 0.125. The zero-order valence-electron chi connectivity index (χ0n) is 12.4. The first-order valence-corrected chi connectivity index (χ1v) is 9.47. The molecule has 0 saturated heterocycles. The molecule has 0 bridgehead atoms. The summed E-state index contributed by atoms with van der Waals surface area (Å²) < 4.78 is 28.8. The average Bonchev–Trinajstić information content (AvgIpc) is 2.44. The van der Waals surface area contributed by atoms with E-state index in [2.05, 4.69) is 27.6 Å². The molecule has 1 fully saturated rings. The predicted octanol–water partition coefficient (Wildman–Crippen LogP) is 2.98. The van der Waals surface area contributed by atoms with Crippen LogP contribution < -0.4 is 4.72 Å².